The van der Waals surface area contributed by atoms with Crippen molar-refractivity contribution >= 4 is 14.3 Å². The molecule has 0 heterocycles. The van der Waals surface area contributed by atoms with E-state index in [4.69, 9.17) is 9.16 Å². The first-order chi connectivity index (χ1) is 10.1. The van der Waals surface area contributed by atoms with Crippen LogP contribution >= 0.6 is 0 Å². The Hall–Kier alpha value is -1.13. The minimum absolute atomic E-state index is 0.217. The van der Waals surface area contributed by atoms with Crippen molar-refractivity contribution in [3.8, 4) is 0 Å². The van der Waals surface area contributed by atoms with Gasteiger partial charge in [0.1, 0.15) is 0 Å². The van der Waals surface area contributed by atoms with Gasteiger partial charge in [-0.3, -0.25) is 0 Å². The molecule has 0 fully saturated rings. The number of ether oxygens (including phenoxy) is 1. The van der Waals surface area contributed by atoms with Gasteiger partial charge in [-0.15, -0.1) is 0 Å². The minimum Gasteiger partial charge on any atom is -0.465 e. The number of hydrogen-bond donors (Lipinski definition) is 0. The van der Waals surface area contributed by atoms with Gasteiger partial charge < -0.3 is 9.16 Å². The average Bonchev–Trinajstić information content (AvgIpc) is 2.44. The quantitative estimate of drug-likeness (QED) is 0.567. The van der Waals surface area contributed by atoms with Crippen LogP contribution in [0.1, 0.15) is 49.2 Å². The maximum Gasteiger partial charge on any atom is 0.337 e. The third kappa shape index (κ3) is 4.68. The molecule has 0 bridgehead atoms. The highest BCUT2D eigenvalue weighted by molar-refractivity contribution is 6.74. The molecule has 0 spiro atoms. The van der Waals surface area contributed by atoms with E-state index in [1.165, 1.54) is 18.2 Å². The topological polar surface area (TPSA) is 35.5 Å². The Morgan fingerprint density at radius 3 is 2.32 bits per heavy atom. The summed E-state index contributed by atoms with van der Waals surface area (Å²) in [5.41, 5.74) is 3.07. The van der Waals surface area contributed by atoms with E-state index in [-0.39, 0.29) is 11.0 Å². The predicted molar refractivity (Wildman–Crippen MR) is 94.0 cm³/mol. The molecule has 0 saturated heterocycles. The molecule has 0 aromatic heterocycles. The standard InChI is InChI=1S/C18H30O3Si/c1-8-14-9-10-16(17(19)20-5)13-15(14)11-12-21-22(6,7)18(2,3)4/h9-10,13H,8,11-12H2,1-7H3. The lowest BCUT2D eigenvalue weighted by Crippen LogP contribution is -2.41. The first-order valence-electron chi connectivity index (χ1n) is 7.96. The lowest BCUT2D eigenvalue weighted by molar-refractivity contribution is 0.0600. The largest absolute Gasteiger partial charge is 0.465 e. The predicted octanol–water partition coefficient (Wildman–Crippen LogP) is 4.60. The number of carbonyl (C=O) groups is 1. The molecular formula is C18H30O3Si. The van der Waals surface area contributed by atoms with Crippen molar-refractivity contribution < 1.29 is 14.0 Å². The fourth-order valence-electron chi connectivity index (χ4n) is 2.08. The van der Waals surface area contributed by atoms with E-state index >= 15 is 0 Å². The summed E-state index contributed by atoms with van der Waals surface area (Å²) in [5, 5.41) is 0.217. The third-order valence-electron chi connectivity index (χ3n) is 4.65. The number of rotatable bonds is 6. The molecule has 4 heteroatoms. The van der Waals surface area contributed by atoms with E-state index in [2.05, 4.69) is 40.8 Å². The lowest BCUT2D eigenvalue weighted by atomic mass is 10.00. The molecule has 0 aliphatic rings. The van der Waals surface area contributed by atoms with E-state index in [9.17, 15) is 4.79 Å². The van der Waals surface area contributed by atoms with Gasteiger partial charge in [0.25, 0.3) is 0 Å². The fraction of sp³-hybridized carbons (Fsp3) is 0.611. The van der Waals surface area contributed by atoms with Gasteiger partial charge >= 0.3 is 5.97 Å². The zero-order valence-electron chi connectivity index (χ0n) is 15.1. The monoisotopic (exact) mass is 322 g/mol. The molecule has 0 saturated carbocycles. The molecule has 1 rings (SSSR count). The van der Waals surface area contributed by atoms with Gasteiger partial charge in [0.2, 0.25) is 0 Å². The average molecular weight is 323 g/mol. The van der Waals surface area contributed by atoms with E-state index in [1.54, 1.807) is 0 Å². The molecule has 0 atom stereocenters. The van der Waals surface area contributed by atoms with Gasteiger partial charge in [-0.2, -0.15) is 0 Å². The summed E-state index contributed by atoms with van der Waals surface area (Å²) in [6, 6.07) is 5.80. The molecule has 1 aromatic rings. The first kappa shape index (κ1) is 18.9. The first-order valence-corrected chi connectivity index (χ1v) is 10.9. The smallest absolute Gasteiger partial charge is 0.337 e. The Bertz CT molecular complexity index is 516. The minimum atomic E-state index is -1.72. The second kappa shape index (κ2) is 7.42. The number of hydrogen-bond acceptors (Lipinski definition) is 3. The Balaban J connectivity index is 2.82. The van der Waals surface area contributed by atoms with Crippen LogP contribution in [0.4, 0.5) is 0 Å². The highest BCUT2D eigenvalue weighted by atomic mass is 28.4. The van der Waals surface area contributed by atoms with Crippen LogP contribution in [-0.4, -0.2) is 28.0 Å². The van der Waals surface area contributed by atoms with Crippen LogP contribution in [0.15, 0.2) is 18.2 Å². The Kier molecular flexibility index (Phi) is 6.38. The Morgan fingerprint density at radius 1 is 1.18 bits per heavy atom. The van der Waals surface area contributed by atoms with Crippen molar-refractivity contribution in [1.29, 1.82) is 0 Å². The summed E-state index contributed by atoms with van der Waals surface area (Å²) in [5.74, 6) is -0.283. The van der Waals surface area contributed by atoms with Gasteiger partial charge in [0, 0.05) is 6.61 Å². The van der Waals surface area contributed by atoms with Crippen LogP contribution in [0.5, 0.6) is 0 Å². The van der Waals surface area contributed by atoms with E-state index in [0.717, 1.165) is 12.8 Å². The summed E-state index contributed by atoms with van der Waals surface area (Å²) in [7, 11) is -0.307. The van der Waals surface area contributed by atoms with Crippen molar-refractivity contribution in [2.75, 3.05) is 13.7 Å². The molecule has 0 unspecified atom stereocenters. The maximum absolute atomic E-state index is 11.7. The van der Waals surface area contributed by atoms with Gasteiger partial charge in [-0.05, 0) is 54.2 Å². The third-order valence-corrected chi connectivity index (χ3v) is 9.19. The summed E-state index contributed by atoms with van der Waals surface area (Å²) in [6.45, 7) is 14.1. The van der Waals surface area contributed by atoms with Crippen LogP contribution in [0, 0.1) is 0 Å². The molecule has 0 aliphatic carbocycles. The molecular weight excluding hydrogens is 292 g/mol. The second-order valence-electron chi connectivity index (χ2n) is 7.19. The van der Waals surface area contributed by atoms with Crippen molar-refractivity contribution in [1.82, 2.24) is 0 Å². The summed E-state index contributed by atoms with van der Waals surface area (Å²) in [6.07, 6.45) is 1.79. The maximum atomic E-state index is 11.7. The molecule has 0 N–H and O–H groups in total. The molecule has 124 valence electrons. The normalized spacial score (nSPS) is 12.3. The van der Waals surface area contributed by atoms with E-state index in [0.29, 0.717) is 12.2 Å². The van der Waals surface area contributed by atoms with Crippen molar-refractivity contribution in [3.05, 3.63) is 34.9 Å². The van der Waals surface area contributed by atoms with Crippen LogP contribution in [0.3, 0.4) is 0 Å². The molecule has 3 nitrogen and oxygen atoms in total. The van der Waals surface area contributed by atoms with Crippen molar-refractivity contribution in [3.63, 3.8) is 0 Å². The Morgan fingerprint density at radius 2 is 1.82 bits per heavy atom. The Labute approximate surface area is 136 Å². The fourth-order valence-corrected chi connectivity index (χ4v) is 3.13. The summed E-state index contributed by atoms with van der Waals surface area (Å²) in [4.78, 5) is 11.7. The van der Waals surface area contributed by atoms with Crippen LogP contribution in [0.25, 0.3) is 0 Å². The second-order valence-corrected chi connectivity index (χ2v) is 12.0. The number of aryl methyl sites for hydroxylation is 1. The van der Waals surface area contributed by atoms with Crippen LogP contribution < -0.4 is 0 Å². The highest BCUT2D eigenvalue weighted by Crippen LogP contribution is 2.36. The van der Waals surface area contributed by atoms with Gasteiger partial charge in [0.05, 0.1) is 12.7 Å². The van der Waals surface area contributed by atoms with Crippen molar-refractivity contribution in [2.45, 2.75) is 58.7 Å². The highest BCUT2D eigenvalue weighted by Gasteiger charge is 2.36. The zero-order valence-corrected chi connectivity index (χ0v) is 16.1. The molecule has 1 aromatic carbocycles. The van der Waals surface area contributed by atoms with Gasteiger partial charge in [-0.25, -0.2) is 4.79 Å². The SMILES string of the molecule is CCc1ccc(C(=O)OC)cc1CCO[Si](C)(C)C(C)(C)C. The van der Waals surface area contributed by atoms with Gasteiger partial charge in [-0.1, -0.05) is 33.8 Å². The van der Waals surface area contributed by atoms with Crippen LogP contribution in [-0.2, 0) is 22.0 Å². The number of esters is 1. The number of carbonyl (C=O) groups excluding carboxylic acids is 1. The molecule has 0 amide bonds. The molecule has 0 aliphatic heterocycles. The van der Waals surface area contributed by atoms with Crippen LogP contribution in [0.2, 0.25) is 18.1 Å². The summed E-state index contributed by atoms with van der Waals surface area (Å²) < 4.78 is 11.1. The van der Waals surface area contributed by atoms with E-state index < -0.39 is 8.32 Å². The van der Waals surface area contributed by atoms with Gasteiger partial charge in [0.15, 0.2) is 8.32 Å². The van der Waals surface area contributed by atoms with E-state index in [1.807, 2.05) is 18.2 Å². The zero-order chi connectivity index (χ0) is 17.0. The number of benzene rings is 1. The molecule has 22 heavy (non-hydrogen) atoms. The lowest BCUT2D eigenvalue weighted by Gasteiger charge is -2.36. The summed E-state index contributed by atoms with van der Waals surface area (Å²) >= 11 is 0. The number of methoxy groups -OCH3 is 1. The van der Waals surface area contributed by atoms with Crippen molar-refractivity contribution in [2.24, 2.45) is 0 Å². The molecule has 0 radical (unpaired) electrons.